The number of para-hydroxylation sites is 2. The third kappa shape index (κ3) is 2.05. The molecule has 1 amide bonds. The van der Waals surface area contributed by atoms with Crippen LogP contribution in [-0.2, 0) is 11.3 Å². The van der Waals surface area contributed by atoms with Crippen molar-refractivity contribution in [2.24, 2.45) is 0 Å². The Morgan fingerprint density at radius 2 is 2.28 bits per heavy atom. The van der Waals surface area contributed by atoms with E-state index in [-0.39, 0.29) is 12.5 Å². The normalized spacial score (nSPS) is 10.7. The van der Waals surface area contributed by atoms with Gasteiger partial charge < -0.3 is 4.98 Å². The highest BCUT2D eigenvalue weighted by Gasteiger charge is 2.07. The van der Waals surface area contributed by atoms with E-state index in [0.29, 0.717) is 5.95 Å². The van der Waals surface area contributed by atoms with Crippen molar-refractivity contribution in [1.82, 2.24) is 25.0 Å². The molecule has 18 heavy (non-hydrogen) atoms. The van der Waals surface area contributed by atoms with E-state index < -0.39 is 0 Å². The van der Waals surface area contributed by atoms with Gasteiger partial charge in [0.1, 0.15) is 6.54 Å². The minimum Gasteiger partial charge on any atom is -0.324 e. The Morgan fingerprint density at radius 1 is 1.39 bits per heavy atom. The highest BCUT2D eigenvalue weighted by Crippen LogP contribution is 2.12. The van der Waals surface area contributed by atoms with Crippen LogP contribution in [0, 0.1) is 0 Å². The van der Waals surface area contributed by atoms with Crippen molar-refractivity contribution in [2.75, 3.05) is 5.32 Å². The first-order valence-corrected chi connectivity index (χ1v) is 5.40. The van der Waals surface area contributed by atoms with Crippen molar-refractivity contribution >= 4 is 22.9 Å². The Balaban J connectivity index is 1.74. The maximum Gasteiger partial charge on any atom is 0.248 e. The number of nitrogens with zero attached hydrogens (tertiary/aromatic N) is 4. The lowest BCUT2D eigenvalue weighted by atomic mass is 10.3. The number of fused-ring (bicyclic) bond motifs is 1. The van der Waals surface area contributed by atoms with Gasteiger partial charge in [-0.3, -0.25) is 10.1 Å². The van der Waals surface area contributed by atoms with Crippen LogP contribution < -0.4 is 5.32 Å². The van der Waals surface area contributed by atoms with Crippen LogP contribution >= 0.6 is 0 Å². The average Bonchev–Trinajstić information content (AvgIpc) is 2.96. The van der Waals surface area contributed by atoms with E-state index in [1.165, 1.54) is 10.9 Å². The number of aromatic nitrogens is 5. The van der Waals surface area contributed by atoms with Crippen LogP contribution in [0.5, 0.6) is 0 Å². The molecule has 0 saturated carbocycles. The molecule has 0 saturated heterocycles. The van der Waals surface area contributed by atoms with Gasteiger partial charge in [-0.05, 0) is 12.1 Å². The zero-order chi connectivity index (χ0) is 12.4. The van der Waals surface area contributed by atoms with E-state index in [1.807, 2.05) is 24.3 Å². The SMILES string of the molecule is O=C(Cn1ccnn1)Nc1nc2ccccc2[nH]1. The summed E-state index contributed by atoms with van der Waals surface area (Å²) >= 11 is 0. The molecule has 90 valence electrons. The van der Waals surface area contributed by atoms with Crippen LogP contribution in [-0.4, -0.2) is 30.9 Å². The Bertz CT molecular complexity index is 639. The first kappa shape index (κ1) is 10.5. The van der Waals surface area contributed by atoms with E-state index in [9.17, 15) is 4.79 Å². The van der Waals surface area contributed by atoms with Gasteiger partial charge in [0.25, 0.3) is 0 Å². The molecule has 2 heterocycles. The van der Waals surface area contributed by atoms with Crippen LogP contribution in [0.1, 0.15) is 0 Å². The minimum atomic E-state index is -0.209. The molecule has 0 radical (unpaired) electrons. The van der Waals surface area contributed by atoms with E-state index in [0.717, 1.165) is 11.0 Å². The van der Waals surface area contributed by atoms with Gasteiger partial charge in [0, 0.05) is 6.20 Å². The second-order valence-electron chi connectivity index (χ2n) is 3.75. The maximum atomic E-state index is 11.7. The fourth-order valence-corrected chi connectivity index (χ4v) is 1.65. The maximum absolute atomic E-state index is 11.7. The number of amides is 1. The molecule has 0 bridgehead atoms. The van der Waals surface area contributed by atoms with Gasteiger partial charge in [-0.15, -0.1) is 5.10 Å². The average molecular weight is 242 g/mol. The second-order valence-corrected chi connectivity index (χ2v) is 3.75. The van der Waals surface area contributed by atoms with Crippen molar-refractivity contribution in [2.45, 2.75) is 6.54 Å². The summed E-state index contributed by atoms with van der Waals surface area (Å²) in [6, 6.07) is 7.57. The van der Waals surface area contributed by atoms with Crippen molar-refractivity contribution in [1.29, 1.82) is 0 Å². The Labute approximate surface area is 102 Å². The Morgan fingerprint density at radius 3 is 3.06 bits per heavy atom. The third-order valence-corrected chi connectivity index (χ3v) is 2.42. The molecule has 0 atom stereocenters. The molecule has 1 aromatic carbocycles. The fraction of sp³-hybridized carbons (Fsp3) is 0.0909. The number of H-pyrrole nitrogens is 1. The lowest BCUT2D eigenvalue weighted by molar-refractivity contribution is -0.117. The monoisotopic (exact) mass is 242 g/mol. The topological polar surface area (TPSA) is 88.5 Å². The minimum absolute atomic E-state index is 0.108. The molecule has 7 heteroatoms. The number of benzene rings is 1. The summed E-state index contributed by atoms with van der Waals surface area (Å²) in [7, 11) is 0. The second kappa shape index (κ2) is 4.28. The zero-order valence-electron chi connectivity index (χ0n) is 9.37. The summed E-state index contributed by atoms with van der Waals surface area (Å²) < 4.78 is 1.44. The van der Waals surface area contributed by atoms with E-state index in [2.05, 4.69) is 25.6 Å². The number of nitrogens with one attached hydrogen (secondary N) is 2. The molecule has 0 unspecified atom stereocenters. The highest BCUT2D eigenvalue weighted by molar-refractivity contribution is 5.90. The van der Waals surface area contributed by atoms with Gasteiger partial charge in [0.05, 0.1) is 17.2 Å². The molecule has 0 spiro atoms. The number of carbonyl (C=O) groups excluding carboxylic acids is 1. The third-order valence-electron chi connectivity index (χ3n) is 2.42. The standard InChI is InChI=1S/C11H10N6O/c18-10(7-17-6-5-12-16-17)15-11-13-8-3-1-2-4-9(8)14-11/h1-6H,7H2,(H2,13,14,15,18). The molecule has 7 nitrogen and oxygen atoms in total. The predicted molar refractivity (Wildman–Crippen MR) is 64.7 cm³/mol. The van der Waals surface area contributed by atoms with Crippen LogP contribution in [0.4, 0.5) is 5.95 Å². The number of hydrogen-bond donors (Lipinski definition) is 2. The summed E-state index contributed by atoms with van der Waals surface area (Å²) in [4.78, 5) is 19.0. The van der Waals surface area contributed by atoms with Crippen molar-refractivity contribution in [3.8, 4) is 0 Å². The molecule has 2 aromatic heterocycles. The summed E-state index contributed by atoms with van der Waals surface area (Å²) in [5.74, 6) is 0.223. The van der Waals surface area contributed by atoms with Crippen molar-refractivity contribution in [3.63, 3.8) is 0 Å². The first-order valence-electron chi connectivity index (χ1n) is 5.40. The van der Waals surface area contributed by atoms with E-state index in [4.69, 9.17) is 0 Å². The summed E-state index contributed by atoms with van der Waals surface area (Å²) in [6.45, 7) is 0.108. The number of rotatable bonds is 3. The number of carbonyl (C=O) groups is 1. The lowest BCUT2D eigenvalue weighted by Gasteiger charge is -2.00. The molecule has 0 fully saturated rings. The largest absolute Gasteiger partial charge is 0.324 e. The lowest BCUT2D eigenvalue weighted by Crippen LogP contribution is -2.19. The van der Waals surface area contributed by atoms with Crippen molar-refractivity contribution in [3.05, 3.63) is 36.7 Å². The highest BCUT2D eigenvalue weighted by atomic mass is 16.2. The number of hydrogen-bond acceptors (Lipinski definition) is 4. The van der Waals surface area contributed by atoms with Gasteiger partial charge in [0.2, 0.25) is 11.9 Å². The summed E-state index contributed by atoms with van der Waals surface area (Å²) in [5, 5.41) is 10.0. The molecule has 0 aliphatic carbocycles. The quantitative estimate of drug-likeness (QED) is 0.710. The molecule has 3 rings (SSSR count). The van der Waals surface area contributed by atoms with Gasteiger partial charge in [-0.2, -0.15) is 0 Å². The Hall–Kier alpha value is -2.70. The fourth-order valence-electron chi connectivity index (χ4n) is 1.65. The van der Waals surface area contributed by atoms with Gasteiger partial charge in [-0.1, -0.05) is 17.3 Å². The zero-order valence-corrected chi connectivity index (χ0v) is 9.37. The molecular weight excluding hydrogens is 232 g/mol. The van der Waals surface area contributed by atoms with Gasteiger partial charge >= 0.3 is 0 Å². The van der Waals surface area contributed by atoms with E-state index >= 15 is 0 Å². The molecule has 0 aliphatic rings. The molecular formula is C11H10N6O. The Kier molecular flexibility index (Phi) is 2.49. The number of aromatic amines is 1. The summed E-state index contributed by atoms with van der Waals surface area (Å²) in [5.41, 5.74) is 1.70. The van der Waals surface area contributed by atoms with Crippen molar-refractivity contribution < 1.29 is 4.79 Å². The smallest absolute Gasteiger partial charge is 0.248 e. The number of imidazole rings is 1. The molecule has 3 aromatic rings. The predicted octanol–water partition coefficient (Wildman–Crippen LogP) is 0.793. The first-order chi connectivity index (χ1) is 8.81. The van der Waals surface area contributed by atoms with Crippen LogP contribution in [0.15, 0.2) is 36.7 Å². The van der Waals surface area contributed by atoms with Gasteiger partial charge in [0.15, 0.2) is 0 Å². The van der Waals surface area contributed by atoms with Gasteiger partial charge in [-0.25, -0.2) is 9.67 Å². The molecule has 2 N–H and O–H groups in total. The van der Waals surface area contributed by atoms with E-state index in [1.54, 1.807) is 6.20 Å². The summed E-state index contributed by atoms with van der Waals surface area (Å²) in [6.07, 6.45) is 3.15. The van der Waals surface area contributed by atoms with Crippen LogP contribution in [0.3, 0.4) is 0 Å². The number of anilines is 1. The van der Waals surface area contributed by atoms with Crippen LogP contribution in [0.2, 0.25) is 0 Å². The molecule has 0 aliphatic heterocycles. The van der Waals surface area contributed by atoms with Crippen LogP contribution in [0.25, 0.3) is 11.0 Å².